The summed E-state index contributed by atoms with van der Waals surface area (Å²) in [5, 5.41) is 3.28. The van der Waals surface area contributed by atoms with Crippen LogP contribution in [0.25, 0.3) is 11.4 Å². The molecule has 1 aromatic carbocycles. The van der Waals surface area contributed by atoms with Gasteiger partial charge in [0.25, 0.3) is 0 Å². The largest absolute Gasteiger partial charge is 0.307 e. The van der Waals surface area contributed by atoms with Crippen molar-refractivity contribution in [2.75, 3.05) is 0 Å². The van der Waals surface area contributed by atoms with Gasteiger partial charge in [-0.15, -0.1) is 0 Å². The molecule has 1 N–H and O–H groups in total. The Morgan fingerprint density at radius 1 is 1.26 bits per heavy atom. The van der Waals surface area contributed by atoms with Crippen LogP contribution in [0.1, 0.15) is 23.9 Å². The third-order valence-electron chi connectivity index (χ3n) is 3.23. The summed E-state index contributed by atoms with van der Waals surface area (Å²) in [6.45, 7) is 3.66. The predicted molar refractivity (Wildman–Crippen MR) is 75.0 cm³/mol. The van der Waals surface area contributed by atoms with Gasteiger partial charge in [-0.05, 0) is 24.6 Å². The number of nitrogens with one attached hydrogen (secondary N) is 1. The molecule has 0 amide bonds. The molecule has 1 aliphatic heterocycles. The number of halogens is 2. The van der Waals surface area contributed by atoms with Gasteiger partial charge in [-0.2, -0.15) is 0 Å². The van der Waals surface area contributed by atoms with E-state index in [1.54, 1.807) is 0 Å². The van der Waals surface area contributed by atoms with Gasteiger partial charge in [-0.3, -0.25) is 0 Å². The maximum atomic E-state index is 13.5. The molecule has 3 nitrogen and oxygen atoms in total. The quantitative estimate of drug-likeness (QED) is 0.923. The number of fused-ring (bicyclic) bond motifs is 1. The second kappa shape index (κ2) is 4.98. The van der Waals surface area contributed by atoms with E-state index < -0.39 is 0 Å². The highest BCUT2D eigenvalue weighted by molar-refractivity contribution is 9.10. The second-order valence-electron chi connectivity index (χ2n) is 4.53. The molecule has 0 aliphatic carbocycles. The Morgan fingerprint density at radius 3 is 2.84 bits per heavy atom. The van der Waals surface area contributed by atoms with Gasteiger partial charge in [-0.1, -0.05) is 22.9 Å². The average Bonchev–Trinajstić information content (AvgIpc) is 2.84. The van der Waals surface area contributed by atoms with Gasteiger partial charge >= 0.3 is 0 Å². The van der Waals surface area contributed by atoms with E-state index in [1.165, 1.54) is 17.7 Å². The third kappa shape index (κ3) is 2.40. The number of hydrogen-bond acceptors (Lipinski definition) is 3. The highest BCUT2D eigenvalue weighted by atomic mass is 79.9. The molecule has 0 bridgehead atoms. The monoisotopic (exact) mass is 321 g/mol. The first kappa shape index (κ1) is 12.7. The molecule has 1 aromatic heterocycles. The first-order valence-electron chi connectivity index (χ1n) is 6.23. The Kier molecular flexibility index (Phi) is 3.33. The minimum Gasteiger partial charge on any atom is -0.307 e. The third-order valence-corrected chi connectivity index (χ3v) is 3.69. The zero-order valence-electron chi connectivity index (χ0n) is 10.5. The molecule has 1 aliphatic rings. The van der Waals surface area contributed by atoms with E-state index in [0.29, 0.717) is 15.9 Å². The molecule has 0 fully saturated rings. The number of hydrogen-bond donors (Lipinski definition) is 1. The summed E-state index contributed by atoms with van der Waals surface area (Å²) in [6, 6.07) is 4.74. The van der Waals surface area contributed by atoms with Gasteiger partial charge < -0.3 is 5.32 Å². The van der Waals surface area contributed by atoms with E-state index in [-0.39, 0.29) is 5.82 Å². The summed E-state index contributed by atoms with van der Waals surface area (Å²) in [4.78, 5) is 9.13. The van der Waals surface area contributed by atoms with Crippen molar-refractivity contribution in [1.82, 2.24) is 15.3 Å². The Morgan fingerprint density at radius 2 is 2.11 bits per heavy atom. The van der Waals surface area contributed by atoms with Crippen molar-refractivity contribution in [2.24, 2.45) is 0 Å². The number of rotatable bonds is 2. The number of aryl methyl sites for hydroxylation is 1. The van der Waals surface area contributed by atoms with Gasteiger partial charge in [0, 0.05) is 34.4 Å². The standard InChI is InChI=1S/C14H13BrFN3/c1-2-12-11-6-17-7-13(11)19-14(18-12)8-3-9(15)5-10(16)4-8/h3-5,17H,2,6-7H2,1H3. The van der Waals surface area contributed by atoms with Crippen molar-refractivity contribution in [3.63, 3.8) is 0 Å². The number of nitrogens with zero attached hydrogens (tertiary/aromatic N) is 2. The lowest BCUT2D eigenvalue weighted by molar-refractivity contribution is 0.627. The zero-order chi connectivity index (χ0) is 13.4. The first-order chi connectivity index (χ1) is 9.17. The lowest BCUT2D eigenvalue weighted by atomic mass is 10.1. The second-order valence-corrected chi connectivity index (χ2v) is 5.45. The molecule has 0 radical (unpaired) electrons. The fourth-order valence-electron chi connectivity index (χ4n) is 2.34. The molecule has 0 saturated carbocycles. The van der Waals surface area contributed by atoms with Crippen molar-refractivity contribution >= 4 is 15.9 Å². The normalized spacial score (nSPS) is 13.6. The number of aromatic nitrogens is 2. The van der Waals surface area contributed by atoms with Crippen LogP contribution in [0.5, 0.6) is 0 Å². The van der Waals surface area contributed by atoms with Crippen LogP contribution in [0.15, 0.2) is 22.7 Å². The predicted octanol–water partition coefficient (Wildman–Crippen LogP) is 3.21. The van der Waals surface area contributed by atoms with Crippen LogP contribution in [0, 0.1) is 5.82 Å². The van der Waals surface area contributed by atoms with Crippen LogP contribution in [-0.4, -0.2) is 9.97 Å². The molecular formula is C14H13BrFN3. The summed E-state index contributed by atoms with van der Waals surface area (Å²) >= 11 is 3.30. The lowest BCUT2D eigenvalue weighted by Gasteiger charge is -2.08. The van der Waals surface area contributed by atoms with Crippen LogP contribution < -0.4 is 5.32 Å². The Bertz CT molecular complexity index is 623. The van der Waals surface area contributed by atoms with Gasteiger partial charge in [0.1, 0.15) is 5.82 Å². The summed E-state index contributed by atoms with van der Waals surface area (Å²) in [6.07, 6.45) is 0.857. The summed E-state index contributed by atoms with van der Waals surface area (Å²) in [5.41, 5.74) is 3.98. The topological polar surface area (TPSA) is 37.8 Å². The van der Waals surface area contributed by atoms with Crippen molar-refractivity contribution in [1.29, 1.82) is 0 Å². The van der Waals surface area contributed by atoms with Gasteiger partial charge in [0.15, 0.2) is 5.82 Å². The maximum absolute atomic E-state index is 13.5. The zero-order valence-corrected chi connectivity index (χ0v) is 12.1. The van der Waals surface area contributed by atoms with Crippen LogP contribution in [0.2, 0.25) is 0 Å². The van der Waals surface area contributed by atoms with Crippen molar-refractivity contribution in [3.8, 4) is 11.4 Å². The van der Waals surface area contributed by atoms with Crippen molar-refractivity contribution < 1.29 is 4.39 Å². The van der Waals surface area contributed by atoms with E-state index in [9.17, 15) is 4.39 Å². The minimum atomic E-state index is -0.287. The summed E-state index contributed by atoms with van der Waals surface area (Å²) < 4.78 is 14.2. The maximum Gasteiger partial charge on any atom is 0.159 e. The summed E-state index contributed by atoms with van der Waals surface area (Å²) in [7, 11) is 0. The first-order valence-corrected chi connectivity index (χ1v) is 7.02. The van der Waals surface area contributed by atoms with Gasteiger partial charge in [0.2, 0.25) is 0 Å². The molecule has 0 unspecified atom stereocenters. The van der Waals surface area contributed by atoms with Gasteiger partial charge in [0.05, 0.1) is 5.69 Å². The number of benzene rings is 1. The molecule has 98 valence electrons. The molecule has 2 heterocycles. The average molecular weight is 322 g/mol. The summed E-state index contributed by atoms with van der Waals surface area (Å²) in [5.74, 6) is 0.309. The van der Waals surface area contributed by atoms with Crippen LogP contribution >= 0.6 is 15.9 Å². The minimum absolute atomic E-state index is 0.287. The molecule has 0 atom stereocenters. The van der Waals surface area contributed by atoms with Crippen molar-refractivity contribution in [3.05, 3.63) is 45.4 Å². The Balaban J connectivity index is 2.15. The van der Waals surface area contributed by atoms with Crippen molar-refractivity contribution in [2.45, 2.75) is 26.4 Å². The van der Waals surface area contributed by atoms with E-state index in [4.69, 9.17) is 0 Å². The highest BCUT2D eigenvalue weighted by Gasteiger charge is 2.18. The van der Waals surface area contributed by atoms with E-state index in [2.05, 4.69) is 38.1 Å². The SMILES string of the molecule is CCc1nc(-c2cc(F)cc(Br)c2)nc2c1CNC2. The molecule has 5 heteroatoms. The van der Waals surface area contributed by atoms with E-state index in [1.807, 2.05) is 6.07 Å². The fourth-order valence-corrected chi connectivity index (χ4v) is 2.81. The molecular weight excluding hydrogens is 309 g/mol. The van der Waals surface area contributed by atoms with Crippen LogP contribution in [0.3, 0.4) is 0 Å². The van der Waals surface area contributed by atoms with E-state index >= 15 is 0 Å². The molecule has 19 heavy (non-hydrogen) atoms. The van der Waals surface area contributed by atoms with E-state index in [0.717, 1.165) is 30.9 Å². The van der Waals surface area contributed by atoms with Crippen LogP contribution in [-0.2, 0) is 19.5 Å². The Hall–Kier alpha value is -1.33. The van der Waals surface area contributed by atoms with Gasteiger partial charge in [-0.25, -0.2) is 14.4 Å². The lowest BCUT2D eigenvalue weighted by Crippen LogP contribution is -2.03. The highest BCUT2D eigenvalue weighted by Crippen LogP contribution is 2.25. The fraction of sp³-hybridized carbons (Fsp3) is 0.286. The Labute approximate surface area is 119 Å². The molecule has 0 saturated heterocycles. The van der Waals surface area contributed by atoms with Crippen LogP contribution in [0.4, 0.5) is 4.39 Å². The molecule has 2 aromatic rings. The smallest absolute Gasteiger partial charge is 0.159 e. The molecule has 3 rings (SSSR count). The molecule has 0 spiro atoms.